The van der Waals surface area contributed by atoms with E-state index in [2.05, 4.69) is 37.8 Å². The molecule has 12 nitrogen and oxygen atoms in total. The second-order valence-corrected chi connectivity index (χ2v) is 8.07. The van der Waals surface area contributed by atoms with Crippen molar-refractivity contribution in [1.82, 2.24) is 35.2 Å². The molecule has 0 radical (unpaired) electrons. The summed E-state index contributed by atoms with van der Waals surface area (Å²) in [6.07, 6.45) is 3.55. The van der Waals surface area contributed by atoms with Gasteiger partial charge in [-0.2, -0.15) is 5.10 Å². The van der Waals surface area contributed by atoms with E-state index in [0.717, 1.165) is 12.8 Å². The van der Waals surface area contributed by atoms with Gasteiger partial charge < -0.3 is 20.3 Å². The highest BCUT2D eigenvalue weighted by Gasteiger charge is 2.31. The van der Waals surface area contributed by atoms with Gasteiger partial charge in [-0.15, -0.1) is 10.2 Å². The first kappa shape index (κ1) is 23.9. The van der Waals surface area contributed by atoms with Gasteiger partial charge in [-0.05, 0) is 18.6 Å². The average molecular weight is 480 g/mol. The molecule has 2 N–H and O–H groups in total. The van der Waals surface area contributed by atoms with Crippen LogP contribution in [0.15, 0.2) is 30.6 Å². The smallest absolute Gasteiger partial charge is 0.325 e. The largest absolute Gasteiger partial charge is 0.494 e. The van der Waals surface area contributed by atoms with Crippen molar-refractivity contribution in [2.24, 2.45) is 7.05 Å². The minimum Gasteiger partial charge on any atom is -0.494 e. The molecule has 2 aromatic heterocycles. The second kappa shape index (κ2) is 10.4. The van der Waals surface area contributed by atoms with E-state index < -0.39 is 5.91 Å². The second-order valence-electron chi connectivity index (χ2n) is 8.07. The summed E-state index contributed by atoms with van der Waals surface area (Å²) in [5.41, 5.74) is 1.75. The molecule has 35 heavy (non-hydrogen) atoms. The van der Waals surface area contributed by atoms with Gasteiger partial charge >= 0.3 is 6.03 Å². The molecule has 0 aliphatic carbocycles. The molecule has 184 valence electrons. The number of unbranched alkanes of at least 4 members (excludes halogenated alkanes) is 1. The number of para-hydroxylation sites is 1. The summed E-state index contributed by atoms with van der Waals surface area (Å²) < 4.78 is 7.28. The van der Waals surface area contributed by atoms with E-state index in [4.69, 9.17) is 4.74 Å². The molecule has 0 saturated carbocycles. The van der Waals surface area contributed by atoms with Gasteiger partial charge in [-0.25, -0.2) is 9.78 Å². The molecule has 0 spiro atoms. The number of ether oxygens (including phenoxy) is 1. The van der Waals surface area contributed by atoms with Crippen LogP contribution in [0.3, 0.4) is 0 Å². The van der Waals surface area contributed by atoms with Crippen LogP contribution in [-0.4, -0.2) is 75.6 Å². The third-order valence-electron chi connectivity index (χ3n) is 5.71. The quantitative estimate of drug-likeness (QED) is 0.479. The maximum atomic E-state index is 12.9. The van der Waals surface area contributed by atoms with Crippen LogP contribution in [0.1, 0.15) is 30.3 Å². The fourth-order valence-corrected chi connectivity index (χ4v) is 3.89. The highest BCUT2D eigenvalue weighted by Crippen LogP contribution is 2.37. The Kier molecular flexibility index (Phi) is 7.09. The number of hydrogen-bond acceptors (Lipinski definition) is 8. The first-order valence-electron chi connectivity index (χ1n) is 11.4. The highest BCUT2D eigenvalue weighted by atomic mass is 16.5. The predicted octanol–water partition coefficient (Wildman–Crippen LogP) is 2.43. The van der Waals surface area contributed by atoms with Crippen molar-refractivity contribution >= 4 is 29.1 Å². The molecule has 0 bridgehead atoms. The van der Waals surface area contributed by atoms with E-state index >= 15 is 0 Å². The van der Waals surface area contributed by atoms with E-state index in [1.807, 2.05) is 18.2 Å². The molecule has 1 saturated heterocycles. The number of aromatic nitrogens is 5. The molecule has 12 heteroatoms. The number of nitrogens with one attached hydrogen (secondary N) is 2. The zero-order valence-electron chi connectivity index (χ0n) is 20.3. The molecule has 4 rings (SSSR count). The van der Waals surface area contributed by atoms with Crippen LogP contribution in [0.4, 0.5) is 22.0 Å². The SMILES string of the molecule is CCCCN1CCN(c2cc(Nc3cccc(-c4ncn(C)n4)c3OC)c(C(=O)NC)nn2)C1=O. The van der Waals surface area contributed by atoms with Crippen molar-refractivity contribution in [3.8, 4) is 17.1 Å². The first-order valence-corrected chi connectivity index (χ1v) is 11.4. The Bertz CT molecular complexity index is 1230. The monoisotopic (exact) mass is 479 g/mol. The Morgan fingerprint density at radius 1 is 1.20 bits per heavy atom. The lowest BCUT2D eigenvalue weighted by atomic mass is 10.1. The van der Waals surface area contributed by atoms with Crippen LogP contribution in [0.5, 0.6) is 5.75 Å². The third-order valence-corrected chi connectivity index (χ3v) is 5.71. The van der Waals surface area contributed by atoms with Crippen LogP contribution >= 0.6 is 0 Å². The van der Waals surface area contributed by atoms with Crippen molar-refractivity contribution in [2.45, 2.75) is 19.8 Å². The summed E-state index contributed by atoms with van der Waals surface area (Å²) in [5, 5.41) is 18.5. The molecule has 3 heterocycles. The molecule has 0 atom stereocenters. The number of anilines is 3. The van der Waals surface area contributed by atoms with Gasteiger partial charge in [-0.1, -0.05) is 19.4 Å². The lowest BCUT2D eigenvalue weighted by molar-refractivity contribution is 0.0958. The maximum Gasteiger partial charge on any atom is 0.325 e. The maximum absolute atomic E-state index is 12.9. The fourth-order valence-electron chi connectivity index (χ4n) is 3.89. The van der Waals surface area contributed by atoms with Crippen LogP contribution in [0, 0.1) is 0 Å². The van der Waals surface area contributed by atoms with E-state index in [1.165, 1.54) is 7.05 Å². The topological polar surface area (TPSA) is 130 Å². The number of urea groups is 1. The van der Waals surface area contributed by atoms with Gasteiger partial charge in [0.15, 0.2) is 23.1 Å². The van der Waals surface area contributed by atoms with Crippen molar-refractivity contribution < 1.29 is 14.3 Å². The number of nitrogens with zero attached hydrogens (tertiary/aromatic N) is 7. The Morgan fingerprint density at radius 2 is 2.03 bits per heavy atom. The third kappa shape index (κ3) is 4.86. The number of aryl methyl sites for hydroxylation is 1. The fraction of sp³-hybridized carbons (Fsp3) is 0.391. The number of amides is 3. The standard InChI is InChI=1S/C23H29N9O3/c1-5-6-10-31-11-12-32(23(31)34)18-13-17(19(28-27-18)22(33)24-2)26-16-9-7-8-15(20(16)35-4)21-25-14-30(3)29-21/h7-9,13-14H,5-6,10-12H2,1-4H3,(H,24,33)(H,26,27). The van der Waals surface area contributed by atoms with Gasteiger partial charge in [0.1, 0.15) is 6.33 Å². The first-order chi connectivity index (χ1) is 17.0. The Morgan fingerprint density at radius 3 is 2.71 bits per heavy atom. The summed E-state index contributed by atoms with van der Waals surface area (Å²) in [6, 6.07) is 7.04. The minimum absolute atomic E-state index is 0.0918. The van der Waals surface area contributed by atoms with E-state index in [-0.39, 0.29) is 11.7 Å². The van der Waals surface area contributed by atoms with Crippen LogP contribution in [0.2, 0.25) is 0 Å². The lowest BCUT2D eigenvalue weighted by Gasteiger charge is -2.19. The van der Waals surface area contributed by atoms with Crippen molar-refractivity contribution in [3.63, 3.8) is 0 Å². The Balaban J connectivity index is 1.70. The number of benzene rings is 1. The summed E-state index contributed by atoms with van der Waals surface area (Å²) in [5.74, 6) is 0.960. The van der Waals surface area contributed by atoms with Gasteiger partial charge in [0.2, 0.25) is 0 Å². The van der Waals surface area contributed by atoms with Gasteiger partial charge in [0.25, 0.3) is 5.91 Å². The molecule has 3 amide bonds. The zero-order chi connectivity index (χ0) is 24.9. The molecular formula is C23H29N9O3. The molecule has 1 aliphatic rings. The van der Waals surface area contributed by atoms with E-state index in [0.29, 0.717) is 54.0 Å². The number of rotatable bonds is 9. The molecule has 1 aromatic carbocycles. The normalized spacial score (nSPS) is 13.3. The molecule has 3 aromatic rings. The summed E-state index contributed by atoms with van der Waals surface area (Å²) in [7, 11) is 4.86. The van der Waals surface area contributed by atoms with Gasteiger partial charge in [-0.3, -0.25) is 14.4 Å². The van der Waals surface area contributed by atoms with Crippen LogP contribution in [-0.2, 0) is 7.05 Å². The number of carbonyl (C=O) groups is 2. The number of hydrogen-bond donors (Lipinski definition) is 2. The minimum atomic E-state index is -0.412. The van der Waals surface area contributed by atoms with Crippen LogP contribution in [0.25, 0.3) is 11.4 Å². The summed E-state index contributed by atoms with van der Waals surface area (Å²) in [4.78, 5) is 33.1. The zero-order valence-corrected chi connectivity index (χ0v) is 20.3. The molecular weight excluding hydrogens is 450 g/mol. The highest BCUT2D eigenvalue weighted by molar-refractivity contribution is 6.00. The molecule has 1 aliphatic heterocycles. The van der Waals surface area contributed by atoms with Crippen molar-refractivity contribution in [3.05, 3.63) is 36.3 Å². The average Bonchev–Trinajstić information content (AvgIpc) is 3.47. The Labute approximate surface area is 203 Å². The van der Waals surface area contributed by atoms with Gasteiger partial charge in [0.05, 0.1) is 24.0 Å². The molecule has 0 unspecified atom stereocenters. The summed E-state index contributed by atoms with van der Waals surface area (Å²) in [6.45, 7) is 3.91. The summed E-state index contributed by atoms with van der Waals surface area (Å²) >= 11 is 0. The van der Waals surface area contributed by atoms with Crippen LogP contribution < -0.4 is 20.3 Å². The van der Waals surface area contributed by atoms with E-state index in [9.17, 15) is 9.59 Å². The van der Waals surface area contributed by atoms with Crippen molar-refractivity contribution in [1.29, 1.82) is 0 Å². The number of methoxy groups -OCH3 is 1. The van der Waals surface area contributed by atoms with Gasteiger partial charge in [0, 0.05) is 39.8 Å². The predicted molar refractivity (Wildman–Crippen MR) is 131 cm³/mol. The lowest BCUT2D eigenvalue weighted by Crippen LogP contribution is -2.33. The number of carbonyl (C=O) groups excluding carboxylic acids is 2. The molecule has 1 fully saturated rings. The van der Waals surface area contributed by atoms with Crippen molar-refractivity contribution in [2.75, 3.05) is 44.0 Å². The Hall–Kier alpha value is -4.22. The van der Waals surface area contributed by atoms with E-state index in [1.54, 1.807) is 41.0 Å².